The number of halogens is 2. The third-order valence-corrected chi connectivity index (χ3v) is 2.60. The van der Waals surface area contributed by atoms with Crippen molar-refractivity contribution in [2.75, 3.05) is 13.1 Å². The predicted molar refractivity (Wildman–Crippen MR) is 66.1 cm³/mol. The van der Waals surface area contributed by atoms with Crippen LogP contribution in [0.4, 0.5) is 4.39 Å². The van der Waals surface area contributed by atoms with Crippen molar-refractivity contribution < 1.29 is 4.39 Å². The van der Waals surface area contributed by atoms with Crippen LogP contribution in [0.2, 0.25) is 0 Å². The number of rotatable bonds is 0. The molecule has 16 heavy (non-hydrogen) atoms. The lowest BCUT2D eigenvalue weighted by Crippen LogP contribution is -2.26. The molecule has 0 aliphatic carbocycles. The van der Waals surface area contributed by atoms with Crippen LogP contribution in [-0.2, 0) is 0 Å². The molecule has 0 radical (unpaired) electrons. The fraction of sp³-hybridized carbons (Fsp3) is 0.385. The number of benzene rings is 1. The molecule has 86 valence electrons. The Kier molecular flexibility index (Phi) is 5.31. The van der Waals surface area contributed by atoms with E-state index in [-0.39, 0.29) is 18.2 Å². The Bertz CT molecular complexity index is 371. The van der Waals surface area contributed by atoms with Crippen LogP contribution in [0, 0.1) is 23.6 Å². The molecule has 0 amide bonds. The normalized spacial score (nSPS) is 15.8. The molecule has 1 aromatic carbocycles. The maximum absolute atomic E-state index is 12.6. The molecule has 3 heteroatoms. The third-order valence-electron chi connectivity index (χ3n) is 2.60. The third kappa shape index (κ3) is 3.84. The monoisotopic (exact) mass is 239 g/mol. The lowest BCUT2D eigenvalue weighted by atomic mass is 9.98. The van der Waals surface area contributed by atoms with Crippen molar-refractivity contribution in [3.05, 3.63) is 35.6 Å². The Hall–Kier alpha value is -1.04. The summed E-state index contributed by atoms with van der Waals surface area (Å²) in [6.07, 6.45) is 2.24. The van der Waals surface area contributed by atoms with Gasteiger partial charge >= 0.3 is 0 Å². The number of hydrogen-bond acceptors (Lipinski definition) is 1. The summed E-state index contributed by atoms with van der Waals surface area (Å²) in [4.78, 5) is 0. The number of hydrogen-bond donors (Lipinski definition) is 1. The van der Waals surface area contributed by atoms with E-state index in [4.69, 9.17) is 0 Å². The molecule has 1 aliphatic rings. The van der Waals surface area contributed by atoms with E-state index < -0.39 is 0 Å². The molecule has 0 aromatic heterocycles. The summed E-state index contributed by atoms with van der Waals surface area (Å²) >= 11 is 0. The van der Waals surface area contributed by atoms with Crippen LogP contribution in [0.15, 0.2) is 24.3 Å². The molecule has 1 aliphatic heterocycles. The molecule has 0 spiro atoms. The van der Waals surface area contributed by atoms with Crippen molar-refractivity contribution in [2.45, 2.75) is 12.8 Å². The fourth-order valence-electron chi connectivity index (χ4n) is 1.68. The van der Waals surface area contributed by atoms with Gasteiger partial charge in [0.25, 0.3) is 0 Å². The van der Waals surface area contributed by atoms with Gasteiger partial charge in [0.1, 0.15) is 5.82 Å². The number of nitrogens with one attached hydrogen (secondary N) is 1. The summed E-state index contributed by atoms with van der Waals surface area (Å²) in [6.45, 7) is 2.12. The molecule has 1 aromatic rings. The van der Waals surface area contributed by atoms with Crippen molar-refractivity contribution in [1.82, 2.24) is 5.32 Å². The first-order valence-electron chi connectivity index (χ1n) is 5.32. The Morgan fingerprint density at radius 2 is 1.75 bits per heavy atom. The Labute approximate surface area is 102 Å². The lowest BCUT2D eigenvalue weighted by Gasteiger charge is -2.17. The van der Waals surface area contributed by atoms with Gasteiger partial charge in [-0.1, -0.05) is 11.8 Å². The second kappa shape index (κ2) is 6.52. The standard InChI is InChI=1S/C13H14FN.ClH/c14-13-5-3-11(4-6-13)1-2-12-7-9-15-10-8-12;/h3-6,12,15H,7-10H2;1H. The molecule has 1 fully saturated rings. The van der Waals surface area contributed by atoms with Crippen LogP contribution in [0.1, 0.15) is 18.4 Å². The molecule has 1 nitrogen and oxygen atoms in total. The van der Waals surface area contributed by atoms with Crippen molar-refractivity contribution in [2.24, 2.45) is 5.92 Å². The van der Waals surface area contributed by atoms with Crippen LogP contribution in [-0.4, -0.2) is 13.1 Å². The Morgan fingerprint density at radius 3 is 2.38 bits per heavy atom. The van der Waals surface area contributed by atoms with Gasteiger partial charge in [-0.25, -0.2) is 4.39 Å². The van der Waals surface area contributed by atoms with Crippen molar-refractivity contribution in [3.63, 3.8) is 0 Å². The van der Waals surface area contributed by atoms with Crippen LogP contribution in [0.5, 0.6) is 0 Å². The van der Waals surface area contributed by atoms with Gasteiger partial charge in [-0.2, -0.15) is 0 Å². The summed E-state index contributed by atoms with van der Waals surface area (Å²) in [7, 11) is 0. The summed E-state index contributed by atoms with van der Waals surface area (Å²) in [5.41, 5.74) is 0.898. The van der Waals surface area contributed by atoms with E-state index in [0.29, 0.717) is 5.92 Å². The van der Waals surface area contributed by atoms with E-state index in [2.05, 4.69) is 17.2 Å². The van der Waals surface area contributed by atoms with Gasteiger partial charge in [-0.3, -0.25) is 0 Å². The number of piperidine rings is 1. The van der Waals surface area contributed by atoms with Crippen LogP contribution in [0.3, 0.4) is 0 Å². The zero-order valence-electron chi connectivity index (χ0n) is 9.00. The Morgan fingerprint density at radius 1 is 1.12 bits per heavy atom. The SMILES string of the molecule is Cl.Fc1ccc(C#CC2CCNCC2)cc1. The van der Waals surface area contributed by atoms with Crippen LogP contribution < -0.4 is 5.32 Å². The van der Waals surface area contributed by atoms with Gasteiger partial charge in [-0.05, 0) is 50.2 Å². The van der Waals surface area contributed by atoms with Gasteiger partial charge in [0.05, 0.1) is 0 Å². The quantitative estimate of drug-likeness (QED) is 0.687. The maximum Gasteiger partial charge on any atom is 0.123 e. The minimum Gasteiger partial charge on any atom is -0.317 e. The van der Waals surface area contributed by atoms with E-state index in [1.54, 1.807) is 12.1 Å². The zero-order chi connectivity index (χ0) is 10.5. The molecule has 1 saturated heterocycles. The average Bonchev–Trinajstić information content (AvgIpc) is 2.30. The van der Waals surface area contributed by atoms with Gasteiger partial charge in [0.2, 0.25) is 0 Å². The lowest BCUT2D eigenvalue weighted by molar-refractivity contribution is 0.447. The van der Waals surface area contributed by atoms with Gasteiger partial charge in [-0.15, -0.1) is 12.4 Å². The fourth-order valence-corrected chi connectivity index (χ4v) is 1.68. The maximum atomic E-state index is 12.6. The van der Waals surface area contributed by atoms with Crippen LogP contribution >= 0.6 is 12.4 Å². The van der Waals surface area contributed by atoms with E-state index in [9.17, 15) is 4.39 Å². The van der Waals surface area contributed by atoms with Crippen LogP contribution in [0.25, 0.3) is 0 Å². The smallest absolute Gasteiger partial charge is 0.123 e. The van der Waals surface area contributed by atoms with E-state index >= 15 is 0 Å². The van der Waals surface area contributed by atoms with E-state index in [0.717, 1.165) is 31.5 Å². The molecule has 1 heterocycles. The molecule has 0 bridgehead atoms. The highest BCUT2D eigenvalue weighted by Crippen LogP contribution is 2.10. The summed E-state index contributed by atoms with van der Waals surface area (Å²) in [5.74, 6) is 6.63. The largest absolute Gasteiger partial charge is 0.317 e. The second-order valence-electron chi connectivity index (χ2n) is 3.80. The highest BCUT2D eigenvalue weighted by molar-refractivity contribution is 5.85. The van der Waals surface area contributed by atoms with Crippen molar-refractivity contribution in [3.8, 4) is 11.8 Å². The molecule has 2 rings (SSSR count). The van der Waals surface area contributed by atoms with Crippen molar-refractivity contribution in [1.29, 1.82) is 0 Å². The topological polar surface area (TPSA) is 12.0 Å². The average molecular weight is 240 g/mol. The van der Waals surface area contributed by atoms with Gasteiger partial charge < -0.3 is 5.32 Å². The summed E-state index contributed by atoms with van der Waals surface area (Å²) in [5, 5.41) is 3.30. The highest BCUT2D eigenvalue weighted by Gasteiger charge is 2.08. The molecular formula is C13H15ClFN. The Balaban J connectivity index is 0.00000128. The van der Waals surface area contributed by atoms with E-state index in [1.807, 2.05) is 0 Å². The zero-order valence-corrected chi connectivity index (χ0v) is 9.82. The highest BCUT2D eigenvalue weighted by atomic mass is 35.5. The second-order valence-corrected chi connectivity index (χ2v) is 3.80. The minimum absolute atomic E-state index is 0. The molecule has 1 N–H and O–H groups in total. The molecule has 0 unspecified atom stereocenters. The predicted octanol–water partition coefficient (Wildman–Crippen LogP) is 2.60. The summed E-state index contributed by atoms with van der Waals surface area (Å²) < 4.78 is 12.6. The molecular weight excluding hydrogens is 225 g/mol. The van der Waals surface area contributed by atoms with Crippen molar-refractivity contribution >= 4 is 12.4 Å². The van der Waals surface area contributed by atoms with Gasteiger partial charge in [0.15, 0.2) is 0 Å². The first-order valence-corrected chi connectivity index (χ1v) is 5.32. The van der Waals surface area contributed by atoms with Gasteiger partial charge in [0, 0.05) is 11.5 Å². The summed E-state index contributed by atoms with van der Waals surface area (Å²) in [6, 6.07) is 6.35. The van der Waals surface area contributed by atoms with E-state index in [1.165, 1.54) is 12.1 Å². The first kappa shape index (κ1) is 13.0. The first-order chi connectivity index (χ1) is 7.34. The molecule has 0 saturated carbocycles. The molecule has 0 atom stereocenters. The minimum atomic E-state index is -0.206.